The van der Waals surface area contributed by atoms with Gasteiger partial charge in [-0.1, -0.05) is 18.3 Å². The van der Waals surface area contributed by atoms with E-state index in [4.69, 9.17) is 4.74 Å². The highest BCUT2D eigenvalue weighted by Crippen LogP contribution is 2.31. The molecule has 27 heavy (non-hydrogen) atoms. The van der Waals surface area contributed by atoms with Crippen molar-refractivity contribution in [2.24, 2.45) is 0 Å². The molecule has 7 nitrogen and oxygen atoms in total. The molecule has 4 rings (SSSR count). The fourth-order valence-corrected chi connectivity index (χ4v) is 5.64. The summed E-state index contributed by atoms with van der Waals surface area (Å²) in [4.78, 5) is 15.8. The van der Waals surface area contributed by atoms with Crippen LogP contribution in [0, 0.1) is 5.82 Å². The van der Waals surface area contributed by atoms with Gasteiger partial charge in [0.1, 0.15) is 11.9 Å². The maximum Gasteiger partial charge on any atom is 0.414 e. The van der Waals surface area contributed by atoms with E-state index in [1.807, 2.05) is 0 Å². The SMILES string of the molecule is C[Si]1(C)CCN(c2ccc(N3C[C@H](Cn4ccnn4)OC3=O)cc2F)CC1. The molecule has 0 unspecified atom stereocenters. The van der Waals surface area contributed by atoms with Gasteiger partial charge < -0.3 is 9.64 Å². The van der Waals surface area contributed by atoms with Crippen LogP contribution in [0.25, 0.3) is 0 Å². The number of hydrogen-bond donors (Lipinski definition) is 0. The van der Waals surface area contributed by atoms with Crippen LogP contribution in [-0.2, 0) is 11.3 Å². The molecule has 2 saturated heterocycles. The van der Waals surface area contributed by atoms with Crippen LogP contribution in [0.3, 0.4) is 0 Å². The van der Waals surface area contributed by atoms with Crippen molar-refractivity contribution in [1.29, 1.82) is 0 Å². The lowest BCUT2D eigenvalue weighted by Gasteiger charge is -2.37. The van der Waals surface area contributed by atoms with E-state index in [1.54, 1.807) is 29.2 Å². The Morgan fingerprint density at radius 1 is 1.30 bits per heavy atom. The minimum Gasteiger partial charge on any atom is -0.442 e. The topological polar surface area (TPSA) is 63.5 Å². The summed E-state index contributed by atoms with van der Waals surface area (Å²) in [6.07, 6.45) is 2.50. The molecule has 0 spiro atoms. The van der Waals surface area contributed by atoms with Gasteiger partial charge in [-0.2, -0.15) is 0 Å². The fourth-order valence-electron chi connectivity index (χ4n) is 3.64. The number of nitrogens with zero attached hydrogens (tertiary/aromatic N) is 5. The highest BCUT2D eigenvalue weighted by Gasteiger charge is 2.34. The van der Waals surface area contributed by atoms with E-state index in [0.717, 1.165) is 13.1 Å². The van der Waals surface area contributed by atoms with E-state index in [9.17, 15) is 9.18 Å². The fraction of sp³-hybridized carbons (Fsp3) is 0.500. The van der Waals surface area contributed by atoms with Crippen molar-refractivity contribution in [3.8, 4) is 0 Å². The largest absolute Gasteiger partial charge is 0.442 e. The van der Waals surface area contributed by atoms with E-state index in [-0.39, 0.29) is 11.9 Å². The van der Waals surface area contributed by atoms with Crippen molar-refractivity contribution < 1.29 is 13.9 Å². The lowest BCUT2D eigenvalue weighted by atomic mass is 10.2. The van der Waals surface area contributed by atoms with Crippen LogP contribution in [0.2, 0.25) is 25.2 Å². The maximum absolute atomic E-state index is 14.8. The van der Waals surface area contributed by atoms with Crippen LogP contribution >= 0.6 is 0 Å². The van der Waals surface area contributed by atoms with Crippen LogP contribution in [-0.4, -0.2) is 54.9 Å². The van der Waals surface area contributed by atoms with Gasteiger partial charge in [0, 0.05) is 19.3 Å². The number of cyclic esters (lactones) is 1. The monoisotopic (exact) mass is 389 g/mol. The molecule has 0 bridgehead atoms. The Labute approximate surface area is 158 Å². The van der Waals surface area contributed by atoms with Gasteiger partial charge in [-0.15, -0.1) is 5.10 Å². The van der Waals surface area contributed by atoms with Gasteiger partial charge in [0.2, 0.25) is 0 Å². The number of ether oxygens (including phenoxy) is 1. The standard InChI is InChI=1S/C18H24FN5O2Si/c1-27(2)9-7-22(8-10-27)17-4-3-14(11-16(17)19)24-13-15(26-18(24)25)12-23-6-5-20-21-23/h3-6,11,15H,7-10,12-13H2,1-2H3/t15-/m0/s1. The average Bonchev–Trinajstić information content (AvgIpc) is 3.25. The van der Waals surface area contributed by atoms with Crippen molar-refractivity contribution in [2.75, 3.05) is 29.4 Å². The summed E-state index contributed by atoms with van der Waals surface area (Å²) < 4.78 is 21.8. The predicted molar refractivity (Wildman–Crippen MR) is 103 cm³/mol. The molecule has 1 aromatic carbocycles. The maximum atomic E-state index is 14.8. The van der Waals surface area contributed by atoms with Gasteiger partial charge in [-0.3, -0.25) is 4.90 Å². The number of benzene rings is 1. The summed E-state index contributed by atoms with van der Waals surface area (Å²) in [5, 5.41) is 7.63. The molecule has 3 heterocycles. The first-order valence-electron chi connectivity index (χ1n) is 9.28. The van der Waals surface area contributed by atoms with Crippen LogP contribution in [0.5, 0.6) is 0 Å². The summed E-state index contributed by atoms with van der Waals surface area (Å²) in [5.74, 6) is -0.290. The summed E-state index contributed by atoms with van der Waals surface area (Å²) in [5.41, 5.74) is 1.14. The Morgan fingerprint density at radius 3 is 2.74 bits per heavy atom. The first-order valence-corrected chi connectivity index (χ1v) is 12.7. The number of amides is 1. The predicted octanol–water partition coefficient (Wildman–Crippen LogP) is 2.97. The second-order valence-corrected chi connectivity index (χ2v) is 13.4. The molecule has 2 fully saturated rings. The molecule has 9 heteroatoms. The first-order chi connectivity index (χ1) is 12.9. The van der Waals surface area contributed by atoms with Crippen LogP contribution in [0.4, 0.5) is 20.6 Å². The summed E-state index contributed by atoms with van der Waals surface area (Å²) in [7, 11) is -1.10. The number of carbonyl (C=O) groups is 1. The average molecular weight is 390 g/mol. The number of aromatic nitrogens is 3. The van der Waals surface area contributed by atoms with Crippen molar-refractivity contribution >= 4 is 25.5 Å². The third-order valence-electron chi connectivity index (χ3n) is 5.44. The minimum absolute atomic E-state index is 0.290. The first kappa shape index (κ1) is 18.0. The Bertz CT molecular complexity index is 819. The molecule has 2 aliphatic heterocycles. The molecule has 144 valence electrons. The number of carbonyl (C=O) groups excluding carboxylic acids is 1. The molecular formula is C18H24FN5O2Si. The van der Waals surface area contributed by atoms with E-state index < -0.39 is 14.2 Å². The summed E-state index contributed by atoms with van der Waals surface area (Å²) in [6.45, 7) is 7.37. The molecule has 0 N–H and O–H groups in total. The van der Waals surface area contributed by atoms with Crippen molar-refractivity contribution in [3.05, 3.63) is 36.4 Å². The Hall–Kier alpha value is -2.42. The lowest BCUT2D eigenvalue weighted by molar-refractivity contribution is 0.129. The lowest BCUT2D eigenvalue weighted by Crippen LogP contribution is -2.43. The van der Waals surface area contributed by atoms with Gasteiger partial charge >= 0.3 is 6.09 Å². The van der Waals surface area contributed by atoms with Crippen LogP contribution in [0.15, 0.2) is 30.6 Å². The molecule has 2 aromatic rings. The Morgan fingerprint density at radius 2 is 2.07 bits per heavy atom. The third-order valence-corrected chi connectivity index (χ3v) is 8.59. The molecule has 0 radical (unpaired) electrons. The number of halogens is 1. The van der Waals surface area contributed by atoms with Crippen molar-refractivity contribution in [3.63, 3.8) is 0 Å². The zero-order valence-electron chi connectivity index (χ0n) is 15.6. The van der Waals surface area contributed by atoms with E-state index in [2.05, 4.69) is 28.3 Å². The third kappa shape index (κ3) is 3.82. The van der Waals surface area contributed by atoms with Gasteiger partial charge in [0.25, 0.3) is 0 Å². The van der Waals surface area contributed by atoms with Crippen LogP contribution in [0.1, 0.15) is 0 Å². The van der Waals surface area contributed by atoms with E-state index >= 15 is 0 Å². The number of anilines is 2. The molecule has 1 aromatic heterocycles. The van der Waals surface area contributed by atoms with Crippen molar-refractivity contribution in [1.82, 2.24) is 15.0 Å². The highest BCUT2D eigenvalue weighted by molar-refractivity contribution is 6.77. The smallest absolute Gasteiger partial charge is 0.414 e. The van der Waals surface area contributed by atoms with Gasteiger partial charge in [-0.25, -0.2) is 13.9 Å². The number of rotatable bonds is 4. The second kappa shape index (κ2) is 6.95. The Kier molecular flexibility index (Phi) is 4.63. The normalized spacial score (nSPS) is 22.2. The molecule has 1 amide bonds. The summed E-state index contributed by atoms with van der Waals surface area (Å²) >= 11 is 0. The van der Waals surface area contributed by atoms with Crippen LogP contribution < -0.4 is 9.80 Å². The second-order valence-electron chi connectivity index (χ2n) is 8.03. The van der Waals surface area contributed by atoms with Gasteiger partial charge in [-0.05, 0) is 30.3 Å². The van der Waals surface area contributed by atoms with E-state index in [1.165, 1.54) is 23.1 Å². The number of hydrogen-bond acceptors (Lipinski definition) is 5. The molecule has 0 saturated carbocycles. The zero-order valence-corrected chi connectivity index (χ0v) is 16.6. The molecule has 0 aliphatic carbocycles. The quantitative estimate of drug-likeness (QED) is 0.753. The summed E-state index contributed by atoms with van der Waals surface area (Å²) in [6, 6.07) is 7.37. The molecule has 2 aliphatic rings. The highest BCUT2D eigenvalue weighted by atomic mass is 28.3. The molecular weight excluding hydrogens is 365 g/mol. The Balaban J connectivity index is 1.45. The van der Waals surface area contributed by atoms with E-state index in [0.29, 0.717) is 24.5 Å². The minimum atomic E-state index is -1.10. The molecule has 1 atom stereocenters. The van der Waals surface area contributed by atoms with Crippen molar-refractivity contribution in [2.45, 2.75) is 37.8 Å². The zero-order chi connectivity index (χ0) is 19.0. The van der Waals surface area contributed by atoms with Gasteiger partial charge in [0.15, 0.2) is 0 Å². The van der Waals surface area contributed by atoms with Gasteiger partial charge in [0.05, 0.1) is 38.7 Å².